The smallest absolute Gasteiger partial charge is 0.548 e. The maximum Gasteiger partial charge on any atom is 1.00 e. The minimum absolute atomic E-state index is 0. The Balaban J connectivity index is 0.00000529. The first kappa shape index (κ1) is 22.8. The number of carboxylic acids is 1. The van der Waals surface area contributed by atoms with Crippen molar-refractivity contribution in [3.05, 3.63) is 35.9 Å². The van der Waals surface area contributed by atoms with Crippen molar-refractivity contribution < 1.29 is 38.7 Å². The molecule has 0 aromatic heterocycles. The van der Waals surface area contributed by atoms with Gasteiger partial charge in [0, 0.05) is 5.92 Å². The molecule has 1 aromatic rings. The van der Waals surface area contributed by atoms with Gasteiger partial charge >= 0.3 is 18.9 Å². The first-order valence-electron chi connectivity index (χ1n) is 7.75. The predicted octanol–water partition coefficient (Wildman–Crippen LogP) is -3.54. The molecule has 7 heteroatoms. The second-order valence-electron chi connectivity index (χ2n) is 5.88. The first-order chi connectivity index (χ1) is 10.8. The van der Waals surface area contributed by atoms with Gasteiger partial charge in [-0.3, -0.25) is 10.6 Å². The summed E-state index contributed by atoms with van der Waals surface area (Å²) < 4.78 is 0. The third-order valence-electron chi connectivity index (χ3n) is 3.90. The van der Waals surface area contributed by atoms with Gasteiger partial charge in [0.25, 0.3) is 0 Å². The largest absolute Gasteiger partial charge is 1.00 e. The number of benzene rings is 1. The van der Waals surface area contributed by atoms with Gasteiger partial charge in [0.1, 0.15) is 6.29 Å². The summed E-state index contributed by atoms with van der Waals surface area (Å²) in [6.07, 6.45) is 0.0945. The van der Waals surface area contributed by atoms with E-state index in [4.69, 9.17) is 0 Å². The van der Waals surface area contributed by atoms with Crippen molar-refractivity contribution in [1.82, 2.24) is 10.6 Å². The molecule has 0 radical (unpaired) electrons. The monoisotopic (exact) mass is 328 g/mol. The Morgan fingerprint density at radius 1 is 1.21 bits per heavy atom. The fourth-order valence-electron chi connectivity index (χ4n) is 2.37. The van der Waals surface area contributed by atoms with Crippen LogP contribution in [0.2, 0.25) is 0 Å². The minimum Gasteiger partial charge on any atom is -0.548 e. The molecular weight excluding hydrogens is 303 g/mol. The molecular formula is C17H25LiN2O4. The molecule has 1 aromatic carbocycles. The van der Waals surface area contributed by atoms with Crippen molar-refractivity contribution >= 4 is 12.3 Å². The Morgan fingerprint density at radius 3 is 2.25 bits per heavy atom. The van der Waals surface area contributed by atoms with Gasteiger partial charge in [-0.25, -0.2) is 0 Å². The Hall–Kier alpha value is -1.16. The Bertz CT molecular complexity index is 499. The van der Waals surface area contributed by atoms with Crippen molar-refractivity contribution in [3.63, 3.8) is 0 Å². The molecule has 1 rings (SSSR count). The zero-order valence-corrected chi connectivity index (χ0v) is 14.7. The summed E-state index contributed by atoms with van der Waals surface area (Å²) in [5.74, 6) is -1.80. The summed E-state index contributed by atoms with van der Waals surface area (Å²) in [5, 5.41) is 26.7. The van der Waals surface area contributed by atoms with Crippen LogP contribution >= 0.6 is 0 Å². The van der Waals surface area contributed by atoms with E-state index in [9.17, 15) is 19.8 Å². The Morgan fingerprint density at radius 2 is 1.79 bits per heavy atom. The van der Waals surface area contributed by atoms with Crippen LogP contribution in [0.3, 0.4) is 0 Å². The van der Waals surface area contributed by atoms with Crippen LogP contribution in [0.15, 0.2) is 30.3 Å². The fraction of sp³-hybridized carbons (Fsp3) is 0.529. The van der Waals surface area contributed by atoms with Crippen LogP contribution in [0.25, 0.3) is 0 Å². The number of aliphatic hydroxyl groups excluding tert-OH is 1. The van der Waals surface area contributed by atoms with E-state index in [0.29, 0.717) is 6.42 Å². The second-order valence-corrected chi connectivity index (χ2v) is 5.88. The standard InChI is InChI=1S/C17H26N2O4.Li/c1-11(12(2)21)16(17(22)23)19-13(3)18-15(10-20)9-14-7-5-4-6-8-14;/h4-8,10-13,15-16,18-19,21H,9H2,1-3H3,(H,22,23);/q;+1/p-1/t11-,12-,13?,15+,16+;/m0./s1. The zero-order valence-electron chi connectivity index (χ0n) is 14.7. The van der Waals surface area contributed by atoms with Crippen molar-refractivity contribution in [2.24, 2.45) is 5.92 Å². The number of rotatable bonds is 10. The summed E-state index contributed by atoms with van der Waals surface area (Å²) in [5.41, 5.74) is 1.01. The summed E-state index contributed by atoms with van der Waals surface area (Å²) in [6.45, 7) is 4.89. The van der Waals surface area contributed by atoms with Crippen molar-refractivity contribution in [3.8, 4) is 0 Å². The molecule has 128 valence electrons. The number of hydrogen-bond donors (Lipinski definition) is 3. The molecule has 24 heavy (non-hydrogen) atoms. The molecule has 0 aliphatic carbocycles. The van der Waals surface area contributed by atoms with E-state index in [1.807, 2.05) is 30.3 Å². The molecule has 5 atom stereocenters. The number of carboxylic acid groups (broad SMARTS) is 1. The molecule has 0 aliphatic rings. The number of aldehydes is 1. The van der Waals surface area contributed by atoms with Gasteiger partial charge in [-0.1, -0.05) is 37.3 Å². The van der Waals surface area contributed by atoms with Gasteiger partial charge in [0.2, 0.25) is 0 Å². The number of carbonyl (C=O) groups excluding carboxylic acids is 2. The molecule has 0 amide bonds. The molecule has 0 heterocycles. The number of nitrogens with one attached hydrogen (secondary N) is 2. The van der Waals surface area contributed by atoms with Crippen molar-refractivity contribution in [1.29, 1.82) is 0 Å². The summed E-state index contributed by atoms with van der Waals surface area (Å²) >= 11 is 0. The van der Waals surface area contributed by atoms with Crippen molar-refractivity contribution in [2.75, 3.05) is 0 Å². The number of carbonyl (C=O) groups is 2. The zero-order chi connectivity index (χ0) is 17.4. The van der Waals surface area contributed by atoms with E-state index in [-0.39, 0.29) is 18.9 Å². The van der Waals surface area contributed by atoms with Crippen LogP contribution in [-0.2, 0) is 16.0 Å². The normalized spacial score (nSPS) is 17.0. The number of aliphatic hydroxyl groups is 1. The SMILES string of the molecule is CC(N[C@@H](C=O)Cc1ccccc1)N[C@@H](C(=O)[O-])[C@@H](C)[C@H](C)O.[Li+]. The maximum atomic E-state index is 11.2. The molecule has 0 aliphatic heterocycles. The molecule has 0 bridgehead atoms. The Kier molecular flexibility index (Phi) is 10.8. The van der Waals surface area contributed by atoms with Gasteiger partial charge in [0.15, 0.2) is 0 Å². The van der Waals surface area contributed by atoms with E-state index < -0.39 is 36.2 Å². The maximum absolute atomic E-state index is 11.2. The minimum atomic E-state index is -1.28. The van der Waals surface area contributed by atoms with E-state index in [1.54, 1.807) is 13.8 Å². The summed E-state index contributed by atoms with van der Waals surface area (Å²) in [4.78, 5) is 22.5. The van der Waals surface area contributed by atoms with Crippen molar-refractivity contribution in [2.45, 2.75) is 51.5 Å². The van der Waals surface area contributed by atoms with E-state index in [1.165, 1.54) is 6.92 Å². The van der Waals surface area contributed by atoms with Gasteiger partial charge in [-0.2, -0.15) is 0 Å². The first-order valence-corrected chi connectivity index (χ1v) is 7.75. The topological polar surface area (TPSA) is 101 Å². The van der Waals surface area contributed by atoms with E-state index in [0.717, 1.165) is 11.8 Å². The van der Waals surface area contributed by atoms with Crippen LogP contribution in [-0.4, -0.2) is 41.7 Å². The second kappa shape index (κ2) is 11.4. The summed E-state index contributed by atoms with van der Waals surface area (Å²) in [6, 6.07) is 8.10. The third kappa shape index (κ3) is 7.60. The summed E-state index contributed by atoms with van der Waals surface area (Å²) in [7, 11) is 0. The van der Waals surface area contributed by atoms with Gasteiger partial charge in [-0.05, 0) is 25.8 Å². The molecule has 3 N–H and O–H groups in total. The van der Waals surface area contributed by atoms with Crippen LogP contribution in [0.4, 0.5) is 0 Å². The molecule has 1 unspecified atom stereocenters. The van der Waals surface area contributed by atoms with Gasteiger partial charge in [0.05, 0.1) is 30.3 Å². The Labute approximate surface area is 155 Å². The van der Waals surface area contributed by atoms with Crippen LogP contribution in [0.5, 0.6) is 0 Å². The molecule has 0 saturated heterocycles. The van der Waals surface area contributed by atoms with Crippen LogP contribution in [0, 0.1) is 5.92 Å². The van der Waals surface area contributed by atoms with Crippen LogP contribution in [0.1, 0.15) is 26.3 Å². The number of hydrogen-bond acceptors (Lipinski definition) is 6. The van der Waals surface area contributed by atoms with Crippen LogP contribution < -0.4 is 34.6 Å². The average molecular weight is 328 g/mol. The van der Waals surface area contributed by atoms with E-state index >= 15 is 0 Å². The molecule has 6 nitrogen and oxygen atoms in total. The van der Waals surface area contributed by atoms with Gasteiger partial charge < -0.3 is 19.8 Å². The molecule has 0 fully saturated rings. The number of aliphatic carboxylic acids is 1. The van der Waals surface area contributed by atoms with Gasteiger partial charge in [-0.15, -0.1) is 0 Å². The predicted molar refractivity (Wildman–Crippen MR) is 85.4 cm³/mol. The average Bonchev–Trinajstić information content (AvgIpc) is 2.51. The quantitative estimate of drug-likeness (QED) is 0.234. The fourth-order valence-corrected chi connectivity index (χ4v) is 2.37. The third-order valence-corrected chi connectivity index (χ3v) is 3.90. The molecule has 0 spiro atoms. The molecule has 0 saturated carbocycles. The van der Waals surface area contributed by atoms with E-state index in [2.05, 4.69) is 10.6 Å².